The molecule has 118 valence electrons. The largest absolute Gasteiger partial charge is 0.385 e. The van der Waals surface area contributed by atoms with Gasteiger partial charge in [0.25, 0.3) is 0 Å². The molecule has 0 spiro atoms. The fraction of sp³-hybridized carbons (Fsp3) is 0.357. The molecule has 8 heteroatoms. The molecule has 0 aliphatic rings. The lowest BCUT2D eigenvalue weighted by molar-refractivity contribution is -0.113. The number of nitrogens with one attached hydrogen (secondary N) is 1. The Labute approximate surface area is 141 Å². The zero-order chi connectivity index (χ0) is 15.8. The first-order chi connectivity index (χ1) is 10.7. The van der Waals surface area contributed by atoms with Crippen molar-refractivity contribution in [1.82, 2.24) is 14.8 Å². The molecule has 2 rings (SSSR count). The summed E-state index contributed by atoms with van der Waals surface area (Å²) in [5.41, 5.74) is 0.765. The first-order valence-electron chi connectivity index (χ1n) is 6.74. The van der Waals surface area contributed by atoms with Gasteiger partial charge >= 0.3 is 0 Å². The van der Waals surface area contributed by atoms with Gasteiger partial charge in [-0.25, -0.2) is 0 Å². The van der Waals surface area contributed by atoms with E-state index in [9.17, 15) is 4.79 Å². The third kappa shape index (κ3) is 5.43. The monoisotopic (exact) mass is 384 g/mol. The molecular weight excluding hydrogens is 368 g/mol. The minimum Gasteiger partial charge on any atom is -0.385 e. The van der Waals surface area contributed by atoms with Crippen molar-refractivity contribution < 1.29 is 9.53 Å². The first kappa shape index (κ1) is 17.0. The van der Waals surface area contributed by atoms with Crippen LogP contribution < -0.4 is 5.32 Å². The van der Waals surface area contributed by atoms with E-state index in [2.05, 4.69) is 31.4 Å². The summed E-state index contributed by atoms with van der Waals surface area (Å²) in [5, 5.41) is 11.5. The van der Waals surface area contributed by atoms with Crippen LogP contribution in [0, 0.1) is 0 Å². The third-order valence-corrected chi connectivity index (χ3v) is 4.24. The van der Waals surface area contributed by atoms with E-state index in [4.69, 9.17) is 4.74 Å². The van der Waals surface area contributed by atoms with Gasteiger partial charge < -0.3 is 14.6 Å². The first-order valence-corrected chi connectivity index (χ1v) is 8.52. The molecule has 0 saturated carbocycles. The molecular formula is C14H17BrN4O2S. The summed E-state index contributed by atoms with van der Waals surface area (Å²) in [4.78, 5) is 12.0. The number of carbonyl (C=O) groups is 1. The van der Waals surface area contributed by atoms with Crippen LogP contribution in [0.25, 0.3) is 0 Å². The van der Waals surface area contributed by atoms with E-state index in [0.717, 1.165) is 28.3 Å². The van der Waals surface area contributed by atoms with Gasteiger partial charge in [-0.3, -0.25) is 4.79 Å². The van der Waals surface area contributed by atoms with Crippen LogP contribution in [-0.4, -0.2) is 40.1 Å². The van der Waals surface area contributed by atoms with E-state index in [1.807, 2.05) is 28.8 Å². The quantitative estimate of drug-likeness (QED) is 0.559. The fourth-order valence-electron chi connectivity index (χ4n) is 1.78. The molecule has 22 heavy (non-hydrogen) atoms. The Balaban J connectivity index is 1.82. The van der Waals surface area contributed by atoms with Crippen LogP contribution in [-0.2, 0) is 16.1 Å². The molecule has 6 nitrogen and oxygen atoms in total. The lowest BCUT2D eigenvalue weighted by Gasteiger charge is -2.07. The lowest BCUT2D eigenvalue weighted by atomic mass is 10.3. The highest BCUT2D eigenvalue weighted by Gasteiger charge is 2.09. The maximum Gasteiger partial charge on any atom is 0.234 e. The van der Waals surface area contributed by atoms with Crippen LogP contribution in [0.15, 0.2) is 40.2 Å². The predicted octanol–water partition coefficient (Wildman–Crippen LogP) is 2.81. The topological polar surface area (TPSA) is 69.0 Å². The van der Waals surface area contributed by atoms with Gasteiger partial charge in [0.2, 0.25) is 5.91 Å². The molecule has 0 aliphatic carbocycles. The van der Waals surface area contributed by atoms with Crippen molar-refractivity contribution in [2.24, 2.45) is 0 Å². The van der Waals surface area contributed by atoms with Gasteiger partial charge in [-0.1, -0.05) is 33.8 Å². The van der Waals surface area contributed by atoms with Gasteiger partial charge in [-0.2, -0.15) is 0 Å². The zero-order valence-electron chi connectivity index (χ0n) is 12.2. The highest BCUT2D eigenvalue weighted by molar-refractivity contribution is 9.10. The van der Waals surface area contributed by atoms with Crippen LogP contribution in [0.5, 0.6) is 0 Å². The molecule has 1 heterocycles. The lowest BCUT2D eigenvalue weighted by Crippen LogP contribution is -2.14. The van der Waals surface area contributed by atoms with Crippen LogP contribution in [0.3, 0.4) is 0 Å². The van der Waals surface area contributed by atoms with E-state index >= 15 is 0 Å². The summed E-state index contributed by atoms with van der Waals surface area (Å²) >= 11 is 4.74. The second-order valence-electron chi connectivity index (χ2n) is 4.50. The number of anilines is 1. The minimum atomic E-state index is -0.0745. The van der Waals surface area contributed by atoms with Crippen molar-refractivity contribution in [3.63, 3.8) is 0 Å². The van der Waals surface area contributed by atoms with Gasteiger partial charge in [0, 0.05) is 30.4 Å². The average molecular weight is 385 g/mol. The van der Waals surface area contributed by atoms with Gasteiger partial charge in [0.05, 0.1) is 5.75 Å². The molecule has 2 aromatic rings. The van der Waals surface area contributed by atoms with Crippen molar-refractivity contribution in [3.8, 4) is 0 Å². The van der Waals surface area contributed by atoms with Crippen molar-refractivity contribution >= 4 is 39.3 Å². The molecule has 0 bridgehead atoms. The number of rotatable bonds is 8. The Morgan fingerprint density at radius 3 is 3.14 bits per heavy atom. The number of carbonyl (C=O) groups excluding carboxylic acids is 1. The van der Waals surface area contributed by atoms with Crippen molar-refractivity contribution in [3.05, 3.63) is 35.1 Å². The summed E-state index contributed by atoms with van der Waals surface area (Å²) < 4.78 is 7.88. The van der Waals surface area contributed by atoms with Gasteiger partial charge in [0.1, 0.15) is 6.33 Å². The van der Waals surface area contributed by atoms with Crippen LogP contribution >= 0.6 is 27.7 Å². The Hall–Kier alpha value is -1.38. The fourth-order valence-corrected chi connectivity index (χ4v) is 2.92. The highest BCUT2D eigenvalue weighted by Crippen LogP contribution is 2.18. The van der Waals surface area contributed by atoms with Gasteiger partial charge in [-0.05, 0) is 24.6 Å². The van der Waals surface area contributed by atoms with E-state index in [-0.39, 0.29) is 11.7 Å². The number of halogens is 1. The molecule has 1 aromatic carbocycles. The summed E-state index contributed by atoms with van der Waals surface area (Å²) in [6.45, 7) is 1.46. The van der Waals surface area contributed by atoms with Crippen molar-refractivity contribution in [2.45, 2.75) is 18.1 Å². The normalized spacial score (nSPS) is 10.6. The molecule has 0 unspecified atom stereocenters. The number of aromatic nitrogens is 3. The minimum absolute atomic E-state index is 0.0745. The number of thioether (sulfide) groups is 1. The van der Waals surface area contributed by atoms with Crippen molar-refractivity contribution in [2.75, 3.05) is 24.8 Å². The summed E-state index contributed by atoms with van der Waals surface area (Å²) in [5.74, 6) is 0.213. The van der Waals surface area contributed by atoms with Crippen LogP contribution in [0.2, 0.25) is 0 Å². The Kier molecular flexibility index (Phi) is 6.88. The smallest absolute Gasteiger partial charge is 0.234 e. The van der Waals surface area contributed by atoms with Crippen LogP contribution in [0.1, 0.15) is 6.42 Å². The van der Waals surface area contributed by atoms with Gasteiger partial charge in [-0.15, -0.1) is 10.2 Å². The summed E-state index contributed by atoms with van der Waals surface area (Å²) in [7, 11) is 1.67. The number of benzene rings is 1. The number of amides is 1. The standard InChI is InChI=1S/C14H17BrN4O2S/c1-21-7-3-6-19-10-16-18-14(19)22-9-13(20)17-12-5-2-4-11(15)8-12/h2,4-5,8,10H,3,6-7,9H2,1H3,(H,17,20). The number of hydrogen-bond donors (Lipinski definition) is 1. The molecule has 1 N–H and O–H groups in total. The SMILES string of the molecule is COCCCn1cnnc1SCC(=O)Nc1cccc(Br)c1. The third-order valence-electron chi connectivity index (χ3n) is 2.77. The van der Waals surface area contributed by atoms with Gasteiger partial charge in [0.15, 0.2) is 5.16 Å². The second kappa shape index (κ2) is 8.92. The van der Waals surface area contributed by atoms with E-state index in [0.29, 0.717) is 6.61 Å². The molecule has 0 atom stereocenters. The number of ether oxygens (including phenoxy) is 1. The average Bonchev–Trinajstić information content (AvgIpc) is 2.93. The van der Waals surface area contributed by atoms with Crippen LogP contribution in [0.4, 0.5) is 5.69 Å². The molecule has 0 saturated heterocycles. The molecule has 0 fully saturated rings. The predicted molar refractivity (Wildman–Crippen MR) is 90.0 cm³/mol. The van der Waals surface area contributed by atoms with E-state index < -0.39 is 0 Å². The summed E-state index contributed by atoms with van der Waals surface area (Å²) in [6.07, 6.45) is 2.55. The number of hydrogen-bond acceptors (Lipinski definition) is 5. The molecule has 1 amide bonds. The number of methoxy groups -OCH3 is 1. The highest BCUT2D eigenvalue weighted by atomic mass is 79.9. The Morgan fingerprint density at radius 1 is 1.50 bits per heavy atom. The van der Waals surface area contributed by atoms with E-state index in [1.165, 1.54) is 11.8 Å². The number of nitrogens with zero attached hydrogens (tertiary/aromatic N) is 3. The Morgan fingerprint density at radius 2 is 2.36 bits per heavy atom. The molecule has 0 aliphatic heterocycles. The molecule has 1 aromatic heterocycles. The Bertz CT molecular complexity index is 620. The maximum atomic E-state index is 12.0. The zero-order valence-corrected chi connectivity index (χ0v) is 14.6. The van der Waals surface area contributed by atoms with E-state index in [1.54, 1.807) is 13.4 Å². The van der Waals surface area contributed by atoms with Crippen molar-refractivity contribution in [1.29, 1.82) is 0 Å². The molecule has 0 radical (unpaired) electrons. The number of aryl methyl sites for hydroxylation is 1. The summed E-state index contributed by atoms with van der Waals surface area (Å²) in [6, 6.07) is 7.49. The maximum absolute atomic E-state index is 12.0. The second-order valence-corrected chi connectivity index (χ2v) is 6.36.